The normalized spacial score (nSPS) is 11.6. The number of Topliss-reactive ketones (excluding diaryl/α,β-unsaturated/α-hetero) is 1. The molecule has 23 heavy (non-hydrogen) atoms. The minimum Gasteiger partial charge on any atom is -0.348 e. The van der Waals surface area contributed by atoms with Crippen LogP contribution in [0.15, 0.2) is 36.4 Å². The third-order valence-electron chi connectivity index (χ3n) is 3.45. The number of aromatic nitrogens is 2. The summed E-state index contributed by atoms with van der Waals surface area (Å²) in [6.45, 7) is 5.46. The summed E-state index contributed by atoms with van der Waals surface area (Å²) in [5.41, 5.74) is 1.72. The minimum atomic E-state index is -0.232. The van der Waals surface area contributed by atoms with Crippen LogP contribution < -0.4 is 10.6 Å². The molecule has 0 saturated heterocycles. The van der Waals surface area contributed by atoms with Gasteiger partial charge >= 0.3 is 0 Å². The Morgan fingerprint density at radius 2 is 1.78 bits per heavy atom. The van der Waals surface area contributed by atoms with Gasteiger partial charge in [0.2, 0.25) is 0 Å². The Bertz CT molecular complexity index is 681. The third-order valence-corrected chi connectivity index (χ3v) is 3.45. The highest BCUT2D eigenvalue weighted by molar-refractivity contribution is 5.94. The molecule has 2 rings (SSSR count). The fraction of sp³-hybridized carbons (Fsp3) is 0.294. The number of hydrogen-bond acceptors (Lipinski definition) is 5. The topological polar surface area (TPSA) is 84.0 Å². The lowest BCUT2D eigenvalue weighted by Gasteiger charge is -2.10. The van der Waals surface area contributed by atoms with Gasteiger partial charge in [0.05, 0.1) is 0 Å². The smallest absolute Gasteiger partial charge is 0.272 e. The maximum absolute atomic E-state index is 11.9. The zero-order valence-electron chi connectivity index (χ0n) is 13.5. The molecule has 0 saturated carbocycles. The van der Waals surface area contributed by atoms with Gasteiger partial charge in [-0.05, 0) is 56.7 Å². The number of hydrogen-bond donors (Lipinski definition) is 2. The molecule has 0 aliphatic rings. The molecule has 120 valence electrons. The van der Waals surface area contributed by atoms with Crippen LogP contribution in [0.5, 0.6) is 0 Å². The minimum absolute atomic E-state index is 0.0213. The average Bonchev–Trinajstić information content (AvgIpc) is 2.55. The van der Waals surface area contributed by atoms with Crippen molar-refractivity contribution in [2.45, 2.75) is 33.2 Å². The second-order valence-corrected chi connectivity index (χ2v) is 5.35. The predicted molar refractivity (Wildman–Crippen MR) is 89.0 cm³/mol. The van der Waals surface area contributed by atoms with Crippen molar-refractivity contribution in [3.05, 3.63) is 47.7 Å². The van der Waals surface area contributed by atoms with Crippen LogP contribution in [0.3, 0.4) is 0 Å². The first-order valence-corrected chi connectivity index (χ1v) is 7.52. The Labute approximate surface area is 135 Å². The van der Waals surface area contributed by atoms with Crippen LogP contribution in [0.4, 0.5) is 11.5 Å². The van der Waals surface area contributed by atoms with Gasteiger partial charge in [0.25, 0.3) is 5.91 Å². The highest BCUT2D eigenvalue weighted by atomic mass is 16.2. The maximum atomic E-state index is 11.9. The van der Waals surface area contributed by atoms with E-state index in [1.807, 2.05) is 13.8 Å². The summed E-state index contributed by atoms with van der Waals surface area (Å²) in [6, 6.07) is 10.5. The van der Waals surface area contributed by atoms with Gasteiger partial charge in [0, 0.05) is 17.3 Å². The first kappa shape index (κ1) is 16.6. The van der Waals surface area contributed by atoms with E-state index in [0.29, 0.717) is 11.4 Å². The summed E-state index contributed by atoms with van der Waals surface area (Å²) in [4.78, 5) is 23.2. The van der Waals surface area contributed by atoms with Gasteiger partial charge < -0.3 is 10.6 Å². The molecule has 0 aliphatic carbocycles. The molecule has 0 fully saturated rings. The molecule has 0 bridgehead atoms. The van der Waals surface area contributed by atoms with Gasteiger partial charge in [-0.25, -0.2) is 0 Å². The molecule has 0 spiro atoms. The van der Waals surface area contributed by atoms with Crippen molar-refractivity contribution in [2.24, 2.45) is 0 Å². The number of carbonyl (C=O) groups is 2. The van der Waals surface area contributed by atoms with E-state index in [1.54, 1.807) is 36.4 Å². The number of benzene rings is 1. The SMILES string of the molecule is CCC(C)NC(=O)c1ccc(Nc2ccc(C(C)=O)cc2)nn1. The van der Waals surface area contributed by atoms with E-state index < -0.39 is 0 Å². The summed E-state index contributed by atoms with van der Waals surface area (Å²) in [6.07, 6.45) is 0.856. The fourth-order valence-corrected chi connectivity index (χ4v) is 1.86. The average molecular weight is 312 g/mol. The summed E-state index contributed by atoms with van der Waals surface area (Å²) < 4.78 is 0. The van der Waals surface area contributed by atoms with Crippen LogP contribution in [0.25, 0.3) is 0 Å². The van der Waals surface area contributed by atoms with Crippen molar-refractivity contribution in [3.63, 3.8) is 0 Å². The summed E-state index contributed by atoms with van der Waals surface area (Å²) in [5, 5.41) is 13.8. The van der Waals surface area contributed by atoms with Crippen molar-refractivity contribution < 1.29 is 9.59 Å². The zero-order valence-corrected chi connectivity index (χ0v) is 13.5. The Kier molecular flexibility index (Phi) is 5.41. The second-order valence-electron chi connectivity index (χ2n) is 5.35. The molecule has 1 aromatic carbocycles. The van der Waals surface area contributed by atoms with Crippen LogP contribution in [0.2, 0.25) is 0 Å². The summed E-state index contributed by atoms with van der Waals surface area (Å²) in [5.74, 6) is 0.317. The number of anilines is 2. The van der Waals surface area contributed by atoms with Crippen LogP contribution >= 0.6 is 0 Å². The van der Waals surface area contributed by atoms with Crippen LogP contribution in [-0.4, -0.2) is 27.9 Å². The Morgan fingerprint density at radius 3 is 2.30 bits per heavy atom. The van der Waals surface area contributed by atoms with Crippen molar-refractivity contribution in [1.29, 1.82) is 0 Å². The van der Waals surface area contributed by atoms with Crippen molar-refractivity contribution >= 4 is 23.2 Å². The Balaban J connectivity index is 2.02. The molecule has 0 aliphatic heterocycles. The number of nitrogens with zero attached hydrogens (tertiary/aromatic N) is 2. The Morgan fingerprint density at radius 1 is 1.09 bits per heavy atom. The van der Waals surface area contributed by atoms with Gasteiger partial charge in [-0.2, -0.15) is 0 Å². The largest absolute Gasteiger partial charge is 0.348 e. The summed E-state index contributed by atoms with van der Waals surface area (Å²) >= 11 is 0. The number of rotatable bonds is 6. The molecule has 2 aromatic rings. The molecule has 1 unspecified atom stereocenters. The van der Waals surface area contributed by atoms with E-state index in [4.69, 9.17) is 0 Å². The summed E-state index contributed by atoms with van der Waals surface area (Å²) in [7, 11) is 0. The molecule has 1 aromatic heterocycles. The monoisotopic (exact) mass is 312 g/mol. The van der Waals surface area contributed by atoms with Gasteiger partial charge in [0.1, 0.15) is 0 Å². The molecule has 1 heterocycles. The molecule has 1 amide bonds. The van der Waals surface area contributed by atoms with Crippen LogP contribution in [0, 0.1) is 0 Å². The molecular weight excluding hydrogens is 292 g/mol. The maximum Gasteiger partial charge on any atom is 0.272 e. The van der Waals surface area contributed by atoms with E-state index >= 15 is 0 Å². The molecular formula is C17H20N4O2. The zero-order chi connectivity index (χ0) is 16.8. The molecule has 1 atom stereocenters. The molecule has 2 N–H and O–H groups in total. The molecule has 0 radical (unpaired) electrons. The molecule has 6 nitrogen and oxygen atoms in total. The number of nitrogens with one attached hydrogen (secondary N) is 2. The van der Waals surface area contributed by atoms with Crippen molar-refractivity contribution in [3.8, 4) is 0 Å². The lowest BCUT2D eigenvalue weighted by molar-refractivity contribution is 0.0932. The highest BCUT2D eigenvalue weighted by Crippen LogP contribution is 2.15. The fourth-order valence-electron chi connectivity index (χ4n) is 1.86. The van der Waals surface area contributed by atoms with E-state index in [1.165, 1.54) is 6.92 Å². The molecule has 6 heteroatoms. The van der Waals surface area contributed by atoms with Gasteiger partial charge in [-0.15, -0.1) is 10.2 Å². The van der Waals surface area contributed by atoms with E-state index in [2.05, 4.69) is 20.8 Å². The van der Waals surface area contributed by atoms with E-state index in [-0.39, 0.29) is 23.4 Å². The second kappa shape index (κ2) is 7.49. The van der Waals surface area contributed by atoms with Crippen LogP contribution in [0.1, 0.15) is 48.0 Å². The van der Waals surface area contributed by atoms with E-state index in [0.717, 1.165) is 12.1 Å². The van der Waals surface area contributed by atoms with Crippen LogP contribution in [-0.2, 0) is 0 Å². The lowest BCUT2D eigenvalue weighted by Crippen LogP contribution is -2.32. The third kappa shape index (κ3) is 4.60. The van der Waals surface area contributed by atoms with Crippen molar-refractivity contribution in [1.82, 2.24) is 15.5 Å². The highest BCUT2D eigenvalue weighted by Gasteiger charge is 2.10. The lowest BCUT2D eigenvalue weighted by atomic mass is 10.1. The predicted octanol–water partition coefficient (Wildman–Crippen LogP) is 2.95. The number of ketones is 1. The first-order valence-electron chi connectivity index (χ1n) is 7.52. The number of amides is 1. The van der Waals surface area contributed by atoms with E-state index in [9.17, 15) is 9.59 Å². The van der Waals surface area contributed by atoms with Gasteiger partial charge in [0.15, 0.2) is 17.3 Å². The standard InChI is InChI=1S/C17H20N4O2/c1-4-11(2)18-17(23)15-9-10-16(21-20-15)19-14-7-5-13(6-8-14)12(3)22/h5-11H,4H2,1-3H3,(H,18,23)(H,19,21). The quantitative estimate of drug-likeness (QED) is 0.801. The number of carbonyl (C=O) groups excluding carboxylic acids is 2. The Hall–Kier alpha value is -2.76. The van der Waals surface area contributed by atoms with Gasteiger partial charge in [-0.1, -0.05) is 6.92 Å². The van der Waals surface area contributed by atoms with Crippen molar-refractivity contribution in [2.75, 3.05) is 5.32 Å². The first-order chi connectivity index (χ1) is 11.0. The van der Waals surface area contributed by atoms with Gasteiger partial charge in [-0.3, -0.25) is 9.59 Å².